The third-order valence-electron chi connectivity index (χ3n) is 5.29. The van der Waals surface area contributed by atoms with E-state index in [1.807, 2.05) is 42.5 Å². The number of likely N-dealkylation sites (tertiary alicyclic amines) is 1. The smallest absolute Gasteiger partial charge is 0.366 e. The Labute approximate surface area is 165 Å². The zero-order valence-corrected chi connectivity index (χ0v) is 15.6. The second kappa shape index (κ2) is 7.38. The third-order valence-corrected chi connectivity index (χ3v) is 5.29. The molecule has 152 valence electrons. The molecule has 0 spiro atoms. The predicted molar refractivity (Wildman–Crippen MR) is 102 cm³/mol. The van der Waals surface area contributed by atoms with Crippen molar-refractivity contribution in [3.8, 4) is 11.3 Å². The van der Waals surface area contributed by atoms with Crippen molar-refractivity contribution in [3.05, 3.63) is 48.0 Å². The van der Waals surface area contributed by atoms with Crippen LogP contribution in [0.2, 0.25) is 0 Å². The first-order valence-corrected chi connectivity index (χ1v) is 9.36. The summed E-state index contributed by atoms with van der Waals surface area (Å²) < 4.78 is 40.0. The Morgan fingerprint density at radius 1 is 1.10 bits per heavy atom. The number of aromatic nitrogens is 3. The second-order valence-electron chi connectivity index (χ2n) is 7.22. The zero-order chi connectivity index (χ0) is 20.6. The lowest BCUT2D eigenvalue weighted by Crippen LogP contribution is -2.42. The first-order chi connectivity index (χ1) is 13.8. The molecule has 2 aromatic heterocycles. The Hall–Kier alpha value is -3.10. The fourth-order valence-corrected chi connectivity index (χ4v) is 3.68. The number of halogens is 3. The number of nitrogens with zero attached hydrogens (tertiary/aromatic N) is 4. The molecule has 1 aliphatic rings. The molecule has 1 saturated heterocycles. The van der Waals surface area contributed by atoms with Crippen LogP contribution < -0.4 is 5.73 Å². The third kappa shape index (κ3) is 4.03. The number of nitrogens with two attached hydrogens (primary N) is 1. The highest BCUT2D eigenvalue weighted by atomic mass is 19.4. The van der Waals surface area contributed by atoms with Crippen LogP contribution in [-0.2, 0) is 11.2 Å². The van der Waals surface area contributed by atoms with E-state index in [-0.39, 0.29) is 44.2 Å². The number of alkyl halides is 3. The Morgan fingerprint density at radius 2 is 1.79 bits per heavy atom. The van der Waals surface area contributed by atoms with Crippen LogP contribution in [0.4, 0.5) is 19.1 Å². The van der Waals surface area contributed by atoms with Gasteiger partial charge in [-0.25, -0.2) is 4.52 Å². The number of benzene rings is 1. The molecular weight excluding hydrogens is 383 g/mol. The van der Waals surface area contributed by atoms with Gasteiger partial charge in [0, 0.05) is 18.7 Å². The van der Waals surface area contributed by atoms with Crippen LogP contribution in [0.5, 0.6) is 0 Å². The molecule has 3 aromatic rings. The second-order valence-corrected chi connectivity index (χ2v) is 7.22. The molecule has 0 unspecified atom stereocenters. The lowest BCUT2D eigenvalue weighted by molar-refractivity contribution is -0.186. The van der Waals surface area contributed by atoms with Gasteiger partial charge >= 0.3 is 6.18 Å². The molecule has 0 aliphatic carbocycles. The number of fused-ring (bicyclic) bond motifs is 1. The van der Waals surface area contributed by atoms with Gasteiger partial charge in [0.25, 0.3) is 0 Å². The molecular formula is C20H20F3N5O. The Morgan fingerprint density at radius 3 is 2.45 bits per heavy atom. The van der Waals surface area contributed by atoms with Gasteiger partial charge in [-0.3, -0.25) is 4.79 Å². The number of rotatable bonds is 3. The van der Waals surface area contributed by atoms with Crippen LogP contribution in [0.3, 0.4) is 0 Å². The van der Waals surface area contributed by atoms with Crippen molar-refractivity contribution in [2.24, 2.45) is 5.92 Å². The van der Waals surface area contributed by atoms with E-state index in [0.29, 0.717) is 5.65 Å². The topological polar surface area (TPSA) is 76.5 Å². The van der Waals surface area contributed by atoms with Crippen molar-refractivity contribution in [1.82, 2.24) is 19.5 Å². The zero-order valence-electron chi connectivity index (χ0n) is 15.6. The van der Waals surface area contributed by atoms with Crippen LogP contribution >= 0.6 is 0 Å². The summed E-state index contributed by atoms with van der Waals surface area (Å²) in [6.45, 7) is 0.299. The van der Waals surface area contributed by atoms with Crippen LogP contribution in [0.15, 0.2) is 42.5 Å². The number of anilines is 1. The van der Waals surface area contributed by atoms with Gasteiger partial charge in [-0.05, 0) is 30.5 Å². The van der Waals surface area contributed by atoms with E-state index in [1.165, 1.54) is 4.90 Å². The van der Waals surface area contributed by atoms with Gasteiger partial charge in [-0.2, -0.15) is 18.2 Å². The fourth-order valence-electron chi connectivity index (χ4n) is 3.68. The van der Waals surface area contributed by atoms with Gasteiger partial charge in [0.15, 0.2) is 5.65 Å². The van der Waals surface area contributed by atoms with E-state index < -0.39 is 12.1 Å². The number of carbonyl (C=O) groups is 1. The van der Waals surface area contributed by atoms with Gasteiger partial charge in [-0.15, -0.1) is 5.10 Å². The fraction of sp³-hybridized carbons (Fsp3) is 0.350. The Bertz CT molecular complexity index is 1020. The molecule has 6 nitrogen and oxygen atoms in total. The summed E-state index contributed by atoms with van der Waals surface area (Å²) in [5.74, 6) is -1.27. The molecule has 0 bridgehead atoms. The largest absolute Gasteiger partial charge is 0.391 e. The molecule has 0 saturated carbocycles. The summed E-state index contributed by atoms with van der Waals surface area (Å²) in [4.78, 5) is 18.1. The quantitative estimate of drug-likeness (QED) is 0.728. The number of amides is 1. The minimum atomic E-state index is -4.18. The summed E-state index contributed by atoms with van der Waals surface area (Å²) in [7, 11) is 0. The summed E-state index contributed by atoms with van der Waals surface area (Å²) >= 11 is 0. The SMILES string of the molecule is Nc1nc2cccc(-c3ccc(CC(=O)N4CCC(C(F)(F)F)CC4)cc3)n2n1. The van der Waals surface area contributed by atoms with Crippen LogP contribution in [-0.4, -0.2) is 44.7 Å². The molecule has 29 heavy (non-hydrogen) atoms. The number of piperidine rings is 1. The maximum absolute atomic E-state index is 12.8. The van der Waals surface area contributed by atoms with Gasteiger partial charge in [0.05, 0.1) is 18.0 Å². The van der Waals surface area contributed by atoms with Gasteiger partial charge in [0.1, 0.15) is 0 Å². The first kappa shape index (κ1) is 19.2. The lowest BCUT2D eigenvalue weighted by Gasteiger charge is -2.33. The number of hydrogen-bond acceptors (Lipinski definition) is 4. The summed E-state index contributed by atoms with van der Waals surface area (Å²) in [5, 5.41) is 4.19. The molecule has 0 radical (unpaired) electrons. The average Bonchev–Trinajstić information content (AvgIpc) is 3.08. The van der Waals surface area contributed by atoms with E-state index >= 15 is 0 Å². The van der Waals surface area contributed by atoms with Crippen molar-refractivity contribution in [2.75, 3.05) is 18.8 Å². The number of hydrogen-bond donors (Lipinski definition) is 1. The monoisotopic (exact) mass is 403 g/mol. The average molecular weight is 403 g/mol. The highest BCUT2D eigenvalue weighted by Gasteiger charge is 2.41. The van der Waals surface area contributed by atoms with Crippen LogP contribution in [0.1, 0.15) is 18.4 Å². The summed E-state index contributed by atoms with van der Waals surface area (Å²) in [6, 6.07) is 13.0. The summed E-state index contributed by atoms with van der Waals surface area (Å²) in [6.07, 6.45) is -4.07. The van der Waals surface area contributed by atoms with E-state index in [0.717, 1.165) is 16.8 Å². The van der Waals surface area contributed by atoms with E-state index in [4.69, 9.17) is 5.73 Å². The van der Waals surface area contributed by atoms with E-state index in [1.54, 1.807) is 4.52 Å². The minimum Gasteiger partial charge on any atom is -0.366 e. The van der Waals surface area contributed by atoms with Crippen molar-refractivity contribution >= 4 is 17.5 Å². The van der Waals surface area contributed by atoms with Gasteiger partial charge < -0.3 is 10.6 Å². The standard InChI is InChI=1S/C20H20F3N5O/c21-20(22,23)15-8-10-27(11-9-15)18(29)12-13-4-6-14(7-5-13)16-2-1-3-17-25-19(24)26-28(16)17/h1-7,15H,8-12H2,(H2,24,26). The maximum Gasteiger partial charge on any atom is 0.391 e. The highest BCUT2D eigenvalue weighted by Crippen LogP contribution is 2.34. The predicted octanol–water partition coefficient (Wildman–Crippen LogP) is 3.32. The van der Waals surface area contributed by atoms with Gasteiger partial charge in [-0.1, -0.05) is 30.3 Å². The van der Waals surface area contributed by atoms with E-state index in [9.17, 15) is 18.0 Å². The number of nitrogen functional groups attached to an aromatic ring is 1. The molecule has 1 fully saturated rings. The van der Waals surface area contributed by atoms with Crippen molar-refractivity contribution in [2.45, 2.75) is 25.4 Å². The molecule has 9 heteroatoms. The van der Waals surface area contributed by atoms with E-state index in [2.05, 4.69) is 10.1 Å². The van der Waals surface area contributed by atoms with Crippen LogP contribution in [0, 0.1) is 5.92 Å². The first-order valence-electron chi connectivity index (χ1n) is 9.36. The number of carbonyl (C=O) groups excluding carboxylic acids is 1. The minimum absolute atomic E-state index is 0.0286. The molecule has 2 N–H and O–H groups in total. The maximum atomic E-state index is 12.8. The normalized spacial score (nSPS) is 15.8. The molecule has 1 aromatic carbocycles. The molecule has 3 heterocycles. The van der Waals surface area contributed by atoms with Crippen molar-refractivity contribution in [1.29, 1.82) is 0 Å². The van der Waals surface area contributed by atoms with Crippen molar-refractivity contribution in [3.63, 3.8) is 0 Å². The lowest BCUT2D eigenvalue weighted by atomic mass is 9.96. The Balaban J connectivity index is 1.43. The van der Waals surface area contributed by atoms with Crippen LogP contribution in [0.25, 0.3) is 16.9 Å². The molecule has 1 aliphatic heterocycles. The van der Waals surface area contributed by atoms with Gasteiger partial charge in [0.2, 0.25) is 11.9 Å². The molecule has 0 atom stereocenters. The highest BCUT2D eigenvalue weighted by molar-refractivity contribution is 5.79. The Kier molecular flexibility index (Phi) is 4.89. The molecule has 1 amide bonds. The molecule has 4 rings (SSSR count). The summed E-state index contributed by atoms with van der Waals surface area (Å²) in [5.41, 5.74) is 8.83. The number of pyridine rings is 1. The van der Waals surface area contributed by atoms with Crippen molar-refractivity contribution < 1.29 is 18.0 Å².